The molecule has 2 N–H and O–H groups in total. The highest BCUT2D eigenvalue weighted by molar-refractivity contribution is 5.63. The third-order valence-corrected chi connectivity index (χ3v) is 2.99. The van der Waals surface area contributed by atoms with Crippen LogP contribution in [-0.2, 0) is 6.54 Å². The first kappa shape index (κ1) is 12.8. The minimum absolute atomic E-state index is 0.138. The normalized spacial score (nSPS) is 12.3. The number of benzene rings is 2. The van der Waals surface area contributed by atoms with Gasteiger partial charge in [-0.2, -0.15) is 0 Å². The summed E-state index contributed by atoms with van der Waals surface area (Å²) >= 11 is 0. The number of aliphatic hydroxyl groups is 1. The van der Waals surface area contributed by atoms with Crippen molar-refractivity contribution >= 4 is 0 Å². The zero-order valence-electron chi connectivity index (χ0n) is 10.6. The van der Waals surface area contributed by atoms with Gasteiger partial charge < -0.3 is 10.4 Å². The highest BCUT2D eigenvalue weighted by Gasteiger charge is 2.00. The molecule has 0 fully saturated rings. The van der Waals surface area contributed by atoms with Crippen molar-refractivity contribution in [3.63, 3.8) is 0 Å². The van der Waals surface area contributed by atoms with Crippen molar-refractivity contribution < 1.29 is 5.11 Å². The van der Waals surface area contributed by atoms with Gasteiger partial charge in [0.05, 0.1) is 6.61 Å². The smallest absolute Gasteiger partial charge is 0.0582 e. The summed E-state index contributed by atoms with van der Waals surface area (Å²) in [5.41, 5.74) is 3.70. The first-order valence-corrected chi connectivity index (χ1v) is 6.28. The van der Waals surface area contributed by atoms with E-state index in [1.54, 1.807) is 0 Å². The van der Waals surface area contributed by atoms with Crippen LogP contribution in [0, 0.1) is 0 Å². The van der Waals surface area contributed by atoms with Gasteiger partial charge in [0.1, 0.15) is 0 Å². The molecular weight excluding hydrogens is 222 g/mol. The molecule has 2 rings (SSSR count). The minimum Gasteiger partial charge on any atom is -0.395 e. The number of nitrogens with one attached hydrogen (secondary N) is 1. The first-order valence-electron chi connectivity index (χ1n) is 6.28. The topological polar surface area (TPSA) is 32.3 Å². The molecule has 0 saturated carbocycles. The first-order chi connectivity index (χ1) is 8.79. The fourth-order valence-electron chi connectivity index (χ4n) is 1.80. The zero-order valence-corrected chi connectivity index (χ0v) is 10.6. The molecule has 94 valence electrons. The number of rotatable bonds is 5. The summed E-state index contributed by atoms with van der Waals surface area (Å²) in [5.74, 6) is 0. The Hall–Kier alpha value is -1.64. The molecule has 0 saturated heterocycles. The second kappa shape index (κ2) is 6.34. The van der Waals surface area contributed by atoms with Crippen LogP contribution in [0.5, 0.6) is 0 Å². The molecule has 18 heavy (non-hydrogen) atoms. The van der Waals surface area contributed by atoms with E-state index in [2.05, 4.69) is 41.7 Å². The van der Waals surface area contributed by atoms with Gasteiger partial charge in [0.15, 0.2) is 0 Å². The van der Waals surface area contributed by atoms with E-state index in [0.717, 1.165) is 6.54 Å². The lowest BCUT2D eigenvalue weighted by atomic mass is 10.0. The largest absolute Gasteiger partial charge is 0.395 e. The van der Waals surface area contributed by atoms with E-state index in [9.17, 15) is 0 Å². The average molecular weight is 241 g/mol. The van der Waals surface area contributed by atoms with Gasteiger partial charge in [-0.3, -0.25) is 0 Å². The van der Waals surface area contributed by atoms with E-state index in [1.165, 1.54) is 16.7 Å². The molecule has 0 aromatic heterocycles. The fourth-order valence-corrected chi connectivity index (χ4v) is 1.80. The van der Waals surface area contributed by atoms with Crippen molar-refractivity contribution in [2.24, 2.45) is 0 Å². The molecule has 0 aliphatic rings. The number of hydrogen-bond donors (Lipinski definition) is 2. The van der Waals surface area contributed by atoms with E-state index in [4.69, 9.17) is 5.11 Å². The Balaban J connectivity index is 2.02. The summed E-state index contributed by atoms with van der Waals surface area (Å²) in [6.07, 6.45) is 0. The summed E-state index contributed by atoms with van der Waals surface area (Å²) in [5, 5.41) is 12.2. The molecule has 0 bridgehead atoms. The van der Waals surface area contributed by atoms with Crippen LogP contribution in [0.2, 0.25) is 0 Å². The maximum absolute atomic E-state index is 8.94. The fraction of sp³-hybridized carbons (Fsp3) is 0.250. The minimum atomic E-state index is 0.138. The van der Waals surface area contributed by atoms with Crippen molar-refractivity contribution in [3.05, 3.63) is 60.2 Å². The standard InChI is InChI=1S/C16H19NO/c1-13(12-18)17-11-14-7-9-16(10-8-14)15-5-3-2-4-6-15/h2-10,13,17-18H,11-12H2,1H3. The lowest BCUT2D eigenvalue weighted by Crippen LogP contribution is -2.28. The lowest BCUT2D eigenvalue weighted by molar-refractivity contribution is 0.251. The quantitative estimate of drug-likeness (QED) is 0.843. The predicted octanol–water partition coefficient (Wildman–Crippen LogP) is 2.82. The van der Waals surface area contributed by atoms with Crippen LogP contribution < -0.4 is 5.32 Å². The Kier molecular flexibility index (Phi) is 4.51. The van der Waals surface area contributed by atoms with Crippen LogP contribution in [-0.4, -0.2) is 17.8 Å². The van der Waals surface area contributed by atoms with Gasteiger partial charge in [-0.15, -0.1) is 0 Å². The Morgan fingerprint density at radius 1 is 0.944 bits per heavy atom. The second-order valence-electron chi connectivity index (χ2n) is 4.53. The van der Waals surface area contributed by atoms with Crippen LogP contribution in [0.1, 0.15) is 12.5 Å². The highest BCUT2D eigenvalue weighted by atomic mass is 16.3. The third-order valence-electron chi connectivity index (χ3n) is 2.99. The number of hydrogen-bond acceptors (Lipinski definition) is 2. The Morgan fingerprint density at radius 2 is 1.56 bits per heavy atom. The molecule has 0 radical (unpaired) electrons. The maximum Gasteiger partial charge on any atom is 0.0582 e. The summed E-state index contributed by atoms with van der Waals surface area (Å²) < 4.78 is 0. The molecular formula is C16H19NO. The predicted molar refractivity (Wildman–Crippen MR) is 75.3 cm³/mol. The van der Waals surface area contributed by atoms with Gasteiger partial charge in [-0.05, 0) is 23.6 Å². The zero-order chi connectivity index (χ0) is 12.8. The molecule has 1 atom stereocenters. The summed E-state index contributed by atoms with van der Waals surface area (Å²) in [6, 6.07) is 19.0. The molecule has 2 aromatic carbocycles. The molecule has 1 unspecified atom stereocenters. The van der Waals surface area contributed by atoms with Crippen molar-refractivity contribution in [1.29, 1.82) is 0 Å². The van der Waals surface area contributed by atoms with Gasteiger partial charge in [-0.25, -0.2) is 0 Å². The summed E-state index contributed by atoms with van der Waals surface area (Å²) in [4.78, 5) is 0. The van der Waals surface area contributed by atoms with E-state index >= 15 is 0 Å². The molecule has 0 aliphatic carbocycles. The maximum atomic E-state index is 8.94. The van der Waals surface area contributed by atoms with Gasteiger partial charge >= 0.3 is 0 Å². The Labute approximate surface area is 108 Å². The van der Waals surface area contributed by atoms with Crippen molar-refractivity contribution in [3.8, 4) is 11.1 Å². The SMILES string of the molecule is CC(CO)NCc1ccc(-c2ccccc2)cc1. The summed E-state index contributed by atoms with van der Waals surface area (Å²) in [6.45, 7) is 2.93. The molecule has 2 aromatic rings. The molecule has 0 aliphatic heterocycles. The van der Waals surface area contributed by atoms with Crippen LogP contribution in [0.15, 0.2) is 54.6 Å². The molecule has 0 heterocycles. The van der Waals surface area contributed by atoms with Crippen LogP contribution >= 0.6 is 0 Å². The highest BCUT2D eigenvalue weighted by Crippen LogP contribution is 2.19. The van der Waals surface area contributed by atoms with Gasteiger partial charge in [0.2, 0.25) is 0 Å². The van der Waals surface area contributed by atoms with Gasteiger partial charge in [0, 0.05) is 12.6 Å². The van der Waals surface area contributed by atoms with Crippen molar-refractivity contribution in [2.45, 2.75) is 19.5 Å². The Morgan fingerprint density at radius 3 is 2.17 bits per heavy atom. The Bertz CT molecular complexity index is 464. The van der Waals surface area contributed by atoms with Gasteiger partial charge in [-0.1, -0.05) is 54.6 Å². The van der Waals surface area contributed by atoms with E-state index in [1.807, 2.05) is 25.1 Å². The molecule has 2 nitrogen and oxygen atoms in total. The summed E-state index contributed by atoms with van der Waals surface area (Å²) in [7, 11) is 0. The van der Waals surface area contributed by atoms with E-state index in [0.29, 0.717) is 0 Å². The lowest BCUT2D eigenvalue weighted by Gasteiger charge is -2.11. The monoisotopic (exact) mass is 241 g/mol. The van der Waals surface area contributed by atoms with Crippen molar-refractivity contribution in [2.75, 3.05) is 6.61 Å². The molecule has 0 amide bonds. The third kappa shape index (κ3) is 3.42. The second-order valence-corrected chi connectivity index (χ2v) is 4.53. The average Bonchev–Trinajstić information content (AvgIpc) is 2.46. The van der Waals surface area contributed by atoms with Gasteiger partial charge in [0.25, 0.3) is 0 Å². The van der Waals surface area contributed by atoms with Crippen LogP contribution in [0.3, 0.4) is 0 Å². The van der Waals surface area contributed by atoms with E-state index in [-0.39, 0.29) is 12.6 Å². The molecule has 2 heteroatoms. The van der Waals surface area contributed by atoms with Crippen LogP contribution in [0.4, 0.5) is 0 Å². The van der Waals surface area contributed by atoms with Crippen molar-refractivity contribution in [1.82, 2.24) is 5.32 Å². The molecule has 0 spiro atoms. The van der Waals surface area contributed by atoms with E-state index < -0.39 is 0 Å². The number of aliphatic hydroxyl groups excluding tert-OH is 1. The van der Waals surface area contributed by atoms with Crippen LogP contribution in [0.25, 0.3) is 11.1 Å².